The monoisotopic (exact) mass is 140 g/mol. The summed E-state index contributed by atoms with van der Waals surface area (Å²) >= 11 is 0. The number of esters is 1. The highest BCUT2D eigenvalue weighted by Crippen LogP contribution is 1.90. The number of hydrogen-bond acceptors (Lipinski definition) is 3. The zero-order chi connectivity index (χ0) is 7.98. The number of carbonyl (C=O) groups is 2. The van der Waals surface area contributed by atoms with E-state index in [1.165, 1.54) is 14.0 Å². The molecule has 0 amide bonds. The van der Waals surface area contributed by atoms with Gasteiger partial charge in [0.05, 0.1) is 12.7 Å². The van der Waals surface area contributed by atoms with Gasteiger partial charge in [0.25, 0.3) is 0 Å². The summed E-state index contributed by atoms with van der Waals surface area (Å²) in [4.78, 5) is 20.3. The molecular formula is C7H8O3. The van der Waals surface area contributed by atoms with Gasteiger partial charge in [-0.05, 0) is 6.92 Å². The lowest BCUT2D eigenvalue weighted by Crippen LogP contribution is -1.99. The predicted molar refractivity (Wildman–Crippen MR) is 35.4 cm³/mol. The highest BCUT2D eigenvalue weighted by Gasteiger charge is 1.99. The molecule has 0 fully saturated rings. The molecule has 0 aliphatic heterocycles. The molecule has 0 heterocycles. The molecule has 0 aromatic heterocycles. The van der Waals surface area contributed by atoms with Crippen LogP contribution in [0.15, 0.2) is 17.4 Å². The Morgan fingerprint density at radius 2 is 2.20 bits per heavy atom. The second-order valence-corrected chi connectivity index (χ2v) is 1.56. The highest BCUT2D eigenvalue weighted by molar-refractivity contribution is 5.87. The van der Waals surface area contributed by atoms with E-state index in [0.717, 1.165) is 6.08 Å². The van der Waals surface area contributed by atoms with Crippen LogP contribution < -0.4 is 0 Å². The summed E-state index contributed by atoms with van der Waals surface area (Å²) in [5.41, 5.74) is 2.72. The van der Waals surface area contributed by atoms with Crippen LogP contribution in [-0.2, 0) is 14.3 Å². The lowest BCUT2D eigenvalue weighted by molar-refractivity contribution is -0.136. The molecule has 0 aromatic rings. The van der Waals surface area contributed by atoms with Crippen molar-refractivity contribution in [1.29, 1.82) is 0 Å². The van der Waals surface area contributed by atoms with E-state index in [1.807, 2.05) is 0 Å². The first-order chi connectivity index (χ1) is 4.72. The highest BCUT2D eigenvalue weighted by atomic mass is 16.5. The molecule has 0 unspecified atom stereocenters. The Bertz CT molecular complexity index is 197. The molecule has 54 valence electrons. The molecule has 3 nitrogen and oxygen atoms in total. The van der Waals surface area contributed by atoms with Crippen molar-refractivity contribution in [1.82, 2.24) is 0 Å². The molecule has 0 saturated heterocycles. The van der Waals surface area contributed by atoms with Gasteiger partial charge in [0, 0.05) is 6.08 Å². The largest absolute Gasteiger partial charge is 0.465 e. The normalized spacial score (nSPS) is 7.40. The third-order valence-corrected chi connectivity index (χ3v) is 0.859. The van der Waals surface area contributed by atoms with Crippen molar-refractivity contribution >= 4 is 12.3 Å². The van der Waals surface area contributed by atoms with Crippen LogP contribution >= 0.6 is 0 Å². The Morgan fingerprint density at radius 3 is 2.60 bits per heavy atom. The van der Waals surface area contributed by atoms with Gasteiger partial charge in [-0.1, -0.05) is 0 Å². The van der Waals surface area contributed by atoms with Gasteiger partial charge in [0.2, 0.25) is 0 Å². The molecule has 0 N–H and O–H groups in total. The van der Waals surface area contributed by atoms with Gasteiger partial charge in [-0.2, -0.15) is 0 Å². The maximum Gasteiger partial charge on any atom is 0.341 e. The number of methoxy groups -OCH3 is 1. The molecule has 0 spiro atoms. The average Bonchev–Trinajstić information content (AvgIpc) is 1.98. The minimum Gasteiger partial charge on any atom is -0.465 e. The Labute approximate surface area is 59.0 Å². The van der Waals surface area contributed by atoms with Gasteiger partial charge >= 0.3 is 5.97 Å². The molecule has 0 aromatic carbocycles. The Morgan fingerprint density at radius 1 is 1.60 bits per heavy atom. The van der Waals surface area contributed by atoms with Crippen molar-refractivity contribution in [2.75, 3.05) is 7.11 Å². The zero-order valence-electron chi connectivity index (χ0n) is 5.88. The number of aldehydes is 1. The summed E-state index contributed by atoms with van der Waals surface area (Å²) in [6, 6.07) is 0. The average molecular weight is 140 g/mol. The Balaban J connectivity index is 4.32. The standard InChI is InChI=1S/C7H8O3/c1-6(4-3-5-8)7(9)10-2/h3,5H,1-2H3. The number of ether oxygens (including phenoxy) is 1. The van der Waals surface area contributed by atoms with Crippen molar-refractivity contribution in [3.63, 3.8) is 0 Å². The fraction of sp³-hybridized carbons (Fsp3) is 0.286. The fourth-order valence-corrected chi connectivity index (χ4v) is 0.371. The van der Waals surface area contributed by atoms with Crippen molar-refractivity contribution in [2.45, 2.75) is 6.92 Å². The topological polar surface area (TPSA) is 43.4 Å². The predicted octanol–water partition coefficient (Wildman–Crippen LogP) is 0.460. The molecular weight excluding hydrogens is 132 g/mol. The van der Waals surface area contributed by atoms with E-state index < -0.39 is 5.97 Å². The van der Waals surface area contributed by atoms with E-state index in [9.17, 15) is 9.59 Å². The summed E-state index contributed by atoms with van der Waals surface area (Å²) in [6.07, 6.45) is 1.67. The lowest BCUT2D eigenvalue weighted by Gasteiger charge is -1.91. The van der Waals surface area contributed by atoms with E-state index in [-0.39, 0.29) is 5.57 Å². The Kier molecular flexibility index (Phi) is 3.92. The maximum absolute atomic E-state index is 10.6. The van der Waals surface area contributed by atoms with Crippen LogP contribution in [0, 0.1) is 0 Å². The van der Waals surface area contributed by atoms with Gasteiger partial charge in [0.15, 0.2) is 6.29 Å². The SMILES string of the molecule is COC(=O)C(C)=C=CC=O. The van der Waals surface area contributed by atoms with Gasteiger partial charge in [-0.3, -0.25) is 4.79 Å². The summed E-state index contributed by atoms with van der Waals surface area (Å²) in [5, 5.41) is 0. The van der Waals surface area contributed by atoms with Crippen molar-refractivity contribution in [2.24, 2.45) is 0 Å². The second-order valence-electron chi connectivity index (χ2n) is 1.56. The molecule has 0 bridgehead atoms. The molecule has 3 heteroatoms. The van der Waals surface area contributed by atoms with E-state index in [4.69, 9.17) is 0 Å². The first kappa shape index (κ1) is 8.66. The van der Waals surface area contributed by atoms with E-state index in [1.54, 1.807) is 0 Å². The van der Waals surface area contributed by atoms with E-state index >= 15 is 0 Å². The molecule has 0 radical (unpaired) electrons. The summed E-state index contributed by atoms with van der Waals surface area (Å²) in [5.74, 6) is -0.474. The Hall–Kier alpha value is -1.34. The number of rotatable bonds is 2. The molecule has 10 heavy (non-hydrogen) atoms. The van der Waals surface area contributed by atoms with Gasteiger partial charge in [0.1, 0.15) is 0 Å². The van der Waals surface area contributed by atoms with Crippen molar-refractivity contribution in [3.05, 3.63) is 17.4 Å². The summed E-state index contributed by atoms with van der Waals surface area (Å²) in [7, 11) is 1.27. The van der Waals surface area contributed by atoms with Crippen LogP contribution in [0.2, 0.25) is 0 Å². The smallest absolute Gasteiger partial charge is 0.341 e. The molecule has 0 aliphatic rings. The van der Waals surface area contributed by atoms with Crippen LogP contribution in [0.3, 0.4) is 0 Å². The van der Waals surface area contributed by atoms with E-state index in [2.05, 4.69) is 10.5 Å². The summed E-state index contributed by atoms with van der Waals surface area (Å²) < 4.78 is 4.33. The van der Waals surface area contributed by atoms with Crippen LogP contribution in [0.4, 0.5) is 0 Å². The molecule has 0 saturated carbocycles. The van der Waals surface area contributed by atoms with Crippen LogP contribution in [0.1, 0.15) is 6.92 Å². The van der Waals surface area contributed by atoms with Crippen LogP contribution in [0.5, 0.6) is 0 Å². The molecule has 0 rings (SSSR count). The minimum absolute atomic E-state index is 0.287. The first-order valence-corrected chi connectivity index (χ1v) is 2.67. The lowest BCUT2D eigenvalue weighted by atomic mass is 10.3. The first-order valence-electron chi connectivity index (χ1n) is 2.67. The number of carbonyl (C=O) groups excluding carboxylic acids is 2. The molecule has 0 aliphatic carbocycles. The fourth-order valence-electron chi connectivity index (χ4n) is 0.371. The zero-order valence-corrected chi connectivity index (χ0v) is 5.88. The summed E-state index contributed by atoms with van der Waals surface area (Å²) in [6.45, 7) is 1.52. The van der Waals surface area contributed by atoms with Gasteiger partial charge < -0.3 is 4.74 Å². The number of hydrogen-bond donors (Lipinski definition) is 0. The quantitative estimate of drug-likeness (QED) is 0.242. The van der Waals surface area contributed by atoms with Crippen molar-refractivity contribution < 1.29 is 14.3 Å². The van der Waals surface area contributed by atoms with E-state index in [0.29, 0.717) is 6.29 Å². The van der Waals surface area contributed by atoms with Crippen LogP contribution in [-0.4, -0.2) is 19.4 Å². The van der Waals surface area contributed by atoms with Crippen molar-refractivity contribution in [3.8, 4) is 0 Å². The second kappa shape index (κ2) is 4.53. The third kappa shape index (κ3) is 2.84. The van der Waals surface area contributed by atoms with Gasteiger partial charge in [-0.15, -0.1) is 5.73 Å². The van der Waals surface area contributed by atoms with Gasteiger partial charge in [-0.25, -0.2) is 4.79 Å². The minimum atomic E-state index is -0.474. The molecule has 0 atom stereocenters. The van der Waals surface area contributed by atoms with Crippen LogP contribution in [0.25, 0.3) is 0 Å². The maximum atomic E-state index is 10.6. The third-order valence-electron chi connectivity index (χ3n) is 0.859.